The third-order valence-corrected chi connectivity index (χ3v) is 7.58. The monoisotopic (exact) mass is 577 g/mol. The van der Waals surface area contributed by atoms with Gasteiger partial charge in [-0.2, -0.15) is 5.26 Å². The van der Waals surface area contributed by atoms with Crippen LogP contribution in [-0.4, -0.2) is 18.7 Å². The van der Waals surface area contributed by atoms with Gasteiger partial charge >= 0.3 is 0 Å². The first-order chi connectivity index (χ1) is 15.2. The minimum Gasteiger partial charge on any atom is -0.342 e. The topological polar surface area (TPSA) is 83.4 Å². The third kappa shape index (κ3) is 5.63. The number of imidazole rings is 1. The molecular weight excluding hydrogens is 549 g/mol. The van der Waals surface area contributed by atoms with Crippen LogP contribution < -0.4 is 5.14 Å². The smallest absolute Gasteiger partial charge is 0.111 e. The van der Waals surface area contributed by atoms with E-state index in [-0.39, 0.29) is 4.75 Å². The van der Waals surface area contributed by atoms with Crippen molar-refractivity contribution in [1.29, 1.82) is 5.26 Å². The number of nitriles is 1. The van der Waals surface area contributed by atoms with Crippen LogP contribution in [0.4, 0.5) is 0 Å². The number of nitrogens with two attached hydrogens (primary N) is 1. The van der Waals surface area contributed by atoms with Gasteiger partial charge in [-0.05, 0) is 75.1 Å². The number of halogens is 1. The van der Waals surface area contributed by atoms with Gasteiger partial charge in [0.15, 0.2) is 0 Å². The molecule has 2 aromatic heterocycles. The number of hydrogen-bond donors (Lipinski definition) is 2. The summed E-state index contributed by atoms with van der Waals surface area (Å²) in [6.07, 6.45) is 3.88. The quantitative estimate of drug-likeness (QED) is 0.200. The van der Waals surface area contributed by atoms with Gasteiger partial charge in [-0.15, -0.1) is 0 Å². The van der Waals surface area contributed by atoms with E-state index in [2.05, 4.69) is 89.2 Å². The first-order valence-corrected chi connectivity index (χ1v) is 14.6. The Morgan fingerprint density at radius 2 is 1.97 bits per heavy atom. The van der Waals surface area contributed by atoms with Crippen LogP contribution in [0.5, 0.6) is 0 Å². The van der Waals surface area contributed by atoms with Gasteiger partial charge in [0.1, 0.15) is 5.82 Å². The molecule has 0 amide bonds. The van der Waals surface area contributed by atoms with Crippen LogP contribution in [0.25, 0.3) is 21.9 Å². The number of aromatic amines is 1. The lowest BCUT2D eigenvalue weighted by molar-refractivity contribution is 0.804. The Morgan fingerprint density at radius 1 is 1.25 bits per heavy atom. The zero-order valence-electron chi connectivity index (χ0n) is 19.0. The van der Waals surface area contributed by atoms with Crippen LogP contribution in [0.1, 0.15) is 55.8 Å². The fourth-order valence-electron chi connectivity index (χ4n) is 3.60. The lowest BCUT2D eigenvalue weighted by Crippen LogP contribution is -2.09. The number of nitrogens with zero attached hydrogens (tertiary/aromatic N) is 3. The van der Waals surface area contributed by atoms with Crippen molar-refractivity contribution in [3.63, 3.8) is 0 Å². The van der Waals surface area contributed by atoms with E-state index in [1.54, 1.807) is 9.12 Å². The fraction of sp³-hybridized carbons (Fsp3) is 0.333. The molecule has 0 bridgehead atoms. The first kappa shape index (κ1) is 25.0. The molecule has 0 saturated carbocycles. The largest absolute Gasteiger partial charge is 0.342 e. The predicted molar refractivity (Wildman–Crippen MR) is 148 cm³/mol. The Kier molecular flexibility index (Phi) is 8.20. The first-order valence-electron chi connectivity index (χ1n) is 10.4. The molecule has 0 unspecified atom stereocenters. The summed E-state index contributed by atoms with van der Waals surface area (Å²) < 4.78 is 2.45. The standard InChI is InChI=1S/C20H17IN4S.C4H11NS/c1-3-14-8-12(2)20-15(6-7-25(20)26-21)16(14)10-19-23-17-5-4-13(11-22)9-18(17)24-19;1-4(2,3)6-5/h4-9H,3,10H2,1-2H3,(H,23,24);5H2,1-3H3. The lowest BCUT2D eigenvalue weighted by Gasteiger charge is -2.12. The predicted octanol–water partition coefficient (Wildman–Crippen LogP) is 7.09. The van der Waals surface area contributed by atoms with Gasteiger partial charge in [0, 0.05) is 53.1 Å². The van der Waals surface area contributed by atoms with Crippen molar-refractivity contribution in [1.82, 2.24) is 13.9 Å². The van der Waals surface area contributed by atoms with Crippen molar-refractivity contribution in [2.75, 3.05) is 0 Å². The van der Waals surface area contributed by atoms with E-state index in [0.717, 1.165) is 29.7 Å². The average molecular weight is 578 g/mol. The van der Waals surface area contributed by atoms with Gasteiger partial charge in [0.25, 0.3) is 0 Å². The van der Waals surface area contributed by atoms with Crippen molar-refractivity contribution in [2.45, 2.75) is 52.2 Å². The molecule has 0 fully saturated rings. The number of rotatable bonds is 4. The zero-order valence-corrected chi connectivity index (χ0v) is 22.8. The van der Waals surface area contributed by atoms with E-state index in [0.29, 0.717) is 5.56 Å². The number of benzene rings is 2. The van der Waals surface area contributed by atoms with Crippen molar-refractivity contribution >= 4 is 64.2 Å². The Morgan fingerprint density at radius 3 is 2.56 bits per heavy atom. The SMILES string of the molecule is CC(C)(C)SN.CCc1cc(C)c2c(ccn2SI)c1Cc1nc2ccc(C#N)cc2[nH]1. The molecule has 4 rings (SSSR count). The lowest BCUT2D eigenvalue weighted by atomic mass is 9.95. The van der Waals surface area contributed by atoms with Crippen LogP contribution >= 0.6 is 42.3 Å². The van der Waals surface area contributed by atoms with Crippen LogP contribution in [-0.2, 0) is 12.8 Å². The van der Waals surface area contributed by atoms with Crippen LogP contribution in [0.3, 0.4) is 0 Å². The highest BCUT2D eigenvalue weighted by Crippen LogP contribution is 2.33. The highest BCUT2D eigenvalue weighted by atomic mass is 127. The van der Waals surface area contributed by atoms with Crippen molar-refractivity contribution < 1.29 is 0 Å². The molecule has 32 heavy (non-hydrogen) atoms. The fourth-order valence-corrected chi connectivity index (χ4v) is 5.00. The summed E-state index contributed by atoms with van der Waals surface area (Å²) in [6.45, 7) is 10.6. The average Bonchev–Trinajstić information content (AvgIpc) is 3.38. The number of aromatic nitrogens is 3. The molecule has 3 N–H and O–H groups in total. The molecule has 0 spiro atoms. The number of fused-ring (bicyclic) bond motifs is 2. The highest BCUT2D eigenvalue weighted by molar-refractivity contribution is 14.2. The summed E-state index contributed by atoms with van der Waals surface area (Å²) in [5.74, 6) is 0.935. The Hall–Kier alpha value is -1.67. The molecule has 2 heterocycles. The van der Waals surface area contributed by atoms with Gasteiger partial charge in [-0.1, -0.05) is 24.9 Å². The minimum atomic E-state index is 0.236. The van der Waals surface area contributed by atoms with Gasteiger partial charge in [0.2, 0.25) is 0 Å². The number of hydrogen-bond acceptors (Lipinski definition) is 5. The number of H-pyrrole nitrogens is 1. The third-order valence-electron chi connectivity index (χ3n) is 5.14. The van der Waals surface area contributed by atoms with Crippen LogP contribution in [0, 0.1) is 18.3 Å². The Bertz CT molecular complexity index is 1280. The van der Waals surface area contributed by atoms with Crippen LogP contribution in [0.15, 0.2) is 36.5 Å². The van der Waals surface area contributed by atoms with Crippen molar-refractivity contribution in [3.05, 3.63) is 64.6 Å². The summed E-state index contributed by atoms with van der Waals surface area (Å²) in [7, 11) is 1.69. The normalized spacial score (nSPS) is 11.4. The molecule has 5 nitrogen and oxygen atoms in total. The van der Waals surface area contributed by atoms with E-state index >= 15 is 0 Å². The van der Waals surface area contributed by atoms with Gasteiger partial charge in [-0.3, -0.25) is 9.11 Å². The molecule has 0 radical (unpaired) electrons. The summed E-state index contributed by atoms with van der Waals surface area (Å²) in [5, 5.41) is 15.6. The Labute approximate surface area is 210 Å². The molecule has 0 aliphatic carbocycles. The van der Waals surface area contributed by atoms with Gasteiger partial charge in [0.05, 0.1) is 28.2 Å². The molecule has 0 saturated heterocycles. The second-order valence-electron chi connectivity index (χ2n) is 8.59. The van der Waals surface area contributed by atoms with E-state index in [9.17, 15) is 0 Å². The minimum absolute atomic E-state index is 0.236. The zero-order chi connectivity index (χ0) is 23.5. The summed E-state index contributed by atoms with van der Waals surface area (Å²) in [5.41, 5.74) is 7.75. The maximum Gasteiger partial charge on any atom is 0.111 e. The summed E-state index contributed by atoms with van der Waals surface area (Å²) in [6, 6.07) is 12.3. The highest BCUT2D eigenvalue weighted by Gasteiger charge is 2.15. The van der Waals surface area contributed by atoms with E-state index in [1.807, 2.05) is 18.2 Å². The van der Waals surface area contributed by atoms with Crippen LogP contribution in [0.2, 0.25) is 0 Å². The molecule has 8 heteroatoms. The maximum absolute atomic E-state index is 9.09. The molecule has 2 aromatic carbocycles. The van der Waals surface area contributed by atoms with E-state index in [4.69, 9.17) is 15.4 Å². The molecule has 0 aliphatic heterocycles. The molecule has 4 aromatic rings. The molecule has 0 atom stereocenters. The Balaban J connectivity index is 0.000000427. The van der Waals surface area contributed by atoms with Crippen molar-refractivity contribution in [2.24, 2.45) is 5.14 Å². The summed E-state index contributed by atoms with van der Waals surface area (Å²) >= 11 is 3.70. The number of nitrogens with one attached hydrogen (secondary N) is 1. The van der Waals surface area contributed by atoms with E-state index < -0.39 is 0 Å². The second kappa shape index (κ2) is 10.5. The van der Waals surface area contributed by atoms with Gasteiger partial charge in [-0.25, -0.2) is 4.98 Å². The van der Waals surface area contributed by atoms with E-state index in [1.165, 1.54) is 39.5 Å². The second-order valence-corrected chi connectivity index (χ2v) is 11.8. The number of aryl methyl sites for hydroxylation is 2. The summed E-state index contributed by atoms with van der Waals surface area (Å²) in [4.78, 5) is 8.13. The maximum atomic E-state index is 9.09. The van der Waals surface area contributed by atoms with Crippen molar-refractivity contribution in [3.8, 4) is 6.07 Å². The van der Waals surface area contributed by atoms with Gasteiger partial charge < -0.3 is 4.98 Å². The molecule has 0 aliphatic rings. The molecule has 168 valence electrons. The molecular formula is C24H28IN5S2.